The summed E-state index contributed by atoms with van der Waals surface area (Å²) in [6.07, 6.45) is 3.21. The summed E-state index contributed by atoms with van der Waals surface area (Å²) in [5.41, 5.74) is 8.12. The van der Waals surface area contributed by atoms with Crippen molar-refractivity contribution in [3.8, 4) is 0 Å². The highest BCUT2D eigenvalue weighted by atomic mass is 35.5. The van der Waals surface area contributed by atoms with Crippen molar-refractivity contribution in [3.05, 3.63) is 28.8 Å². The molecule has 0 amide bonds. The van der Waals surface area contributed by atoms with E-state index in [1.807, 2.05) is 13.0 Å². The molecule has 0 bridgehead atoms. The molecule has 0 aliphatic rings. The van der Waals surface area contributed by atoms with Gasteiger partial charge in [-0.1, -0.05) is 31.0 Å². The van der Waals surface area contributed by atoms with E-state index in [0.29, 0.717) is 6.04 Å². The highest BCUT2D eigenvalue weighted by Gasteiger charge is 2.11. The molecule has 1 rings (SSSR count). The molecule has 0 heterocycles. The second-order valence-corrected chi connectivity index (χ2v) is 5.61. The summed E-state index contributed by atoms with van der Waals surface area (Å²) in [5, 5.41) is 0.820. The zero-order valence-corrected chi connectivity index (χ0v) is 12.7. The van der Waals surface area contributed by atoms with Gasteiger partial charge < -0.3 is 10.6 Å². The number of rotatable bonds is 6. The molecule has 2 atom stereocenters. The second-order valence-electron chi connectivity index (χ2n) is 5.21. The molecule has 3 heteroatoms. The Hall–Kier alpha value is -0.730. The molecule has 0 fully saturated rings. The summed E-state index contributed by atoms with van der Waals surface area (Å²) in [4.78, 5) is 2.28. The molecule has 1 aromatic carbocycles. The fraction of sp³-hybridized carbons (Fsp3) is 0.600. The predicted molar refractivity (Wildman–Crippen MR) is 81.6 cm³/mol. The van der Waals surface area contributed by atoms with E-state index in [0.717, 1.165) is 17.0 Å². The minimum Gasteiger partial charge on any atom is -0.372 e. The number of hydrogen-bond acceptors (Lipinski definition) is 2. The average molecular weight is 269 g/mol. The maximum atomic E-state index is 6.32. The minimum absolute atomic E-state index is 0.144. The second kappa shape index (κ2) is 7.01. The Bertz CT molecular complexity index is 377. The smallest absolute Gasteiger partial charge is 0.0459 e. The lowest BCUT2D eigenvalue weighted by atomic mass is 10.1. The Balaban J connectivity index is 2.83. The Morgan fingerprint density at radius 3 is 2.50 bits per heavy atom. The van der Waals surface area contributed by atoms with Crippen LogP contribution in [0.3, 0.4) is 0 Å². The van der Waals surface area contributed by atoms with Crippen LogP contribution >= 0.6 is 11.6 Å². The molecule has 102 valence electrons. The van der Waals surface area contributed by atoms with Crippen LogP contribution < -0.4 is 10.6 Å². The van der Waals surface area contributed by atoms with Crippen LogP contribution in [0.4, 0.5) is 5.69 Å². The third-order valence-electron chi connectivity index (χ3n) is 3.35. The maximum Gasteiger partial charge on any atom is 0.0459 e. The minimum atomic E-state index is 0.144. The van der Waals surface area contributed by atoms with Gasteiger partial charge in [-0.2, -0.15) is 0 Å². The van der Waals surface area contributed by atoms with Crippen LogP contribution in [0.1, 0.15) is 39.2 Å². The molecule has 0 radical (unpaired) electrons. The number of nitrogens with zero attached hydrogens (tertiary/aromatic N) is 1. The first kappa shape index (κ1) is 15.3. The van der Waals surface area contributed by atoms with Crippen LogP contribution in [0.2, 0.25) is 5.02 Å². The van der Waals surface area contributed by atoms with Gasteiger partial charge in [0.2, 0.25) is 0 Å². The third kappa shape index (κ3) is 4.18. The van der Waals surface area contributed by atoms with Gasteiger partial charge in [-0.25, -0.2) is 0 Å². The van der Waals surface area contributed by atoms with Crippen LogP contribution in [0.5, 0.6) is 0 Å². The Kier molecular flexibility index (Phi) is 5.97. The lowest BCUT2D eigenvalue weighted by molar-refractivity contribution is 0.616. The average Bonchev–Trinajstić information content (AvgIpc) is 2.30. The van der Waals surface area contributed by atoms with Crippen LogP contribution in [0, 0.1) is 0 Å². The van der Waals surface area contributed by atoms with Gasteiger partial charge in [0, 0.05) is 29.8 Å². The van der Waals surface area contributed by atoms with E-state index in [1.165, 1.54) is 18.5 Å². The monoisotopic (exact) mass is 268 g/mol. The van der Waals surface area contributed by atoms with E-state index in [1.54, 1.807) is 0 Å². The summed E-state index contributed by atoms with van der Waals surface area (Å²) in [5.74, 6) is 0. The van der Waals surface area contributed by atoms with E-state index < -0.39 is 0 Å². The van der Waals surface area contributed by atoms with Crippen molar-refractivity contribution in [2.45, 2.75) is 52.1 Å². The van der Waals surface area contributed by atoms with Gasteiger partial charge in [0.1, 0.15) is 0 Å². The topological polar surface area (TPSA) is 29.3 Å². The number of hydrogen-bond donors (Lipinski definition) is 1. The zero-order chi connectivity index (χ0) is 13.7. The quantitative estimate of drug-likeness (QED) is 0.849. The number of benzene rings is 1. The molecule has 0 aliphatic heterocycles. The van der Waals surface area contributed by atoms with Crippen molar-refractivity contribution in [2.24, 2.45) is 5.73 Å². The van der Waals surface area contributed by atoms with Gasteiger partial charge in [0.15, 0.2) is 0 Å². The number of anilines is 1. The predicted octanol–water partition coefficient (Wildman–Crippen LogP) is 3.85. The Morgan fingerprint density at radius 1 is 1.33 bits per heavy atom. The molecular formula is C15H25ClN2. The van der Waals surface area contributed by atoms with E-state index >= 15 is 0 Å². The van der Waals surface area contributed by atoms with Crippen LogP contribution in [-0.2, 0) is 6.42 Å². The van der Waals surface area contributed by atoms with Crippen molar-refractivity contribution in [2.75, 3.05) is 11.9 Å². The zero-order valence-electron chi connectivity index (χ0n) is 11.9. The summed E-state index contributed by atoms with van der Waals surface area (Å²) < 4.78 is 0. The summed E-state index contributed by atoms with van der Waals surface area (Å²) >= 11 is 6.32. The summed E-state index contributed by atoms with van der Waals surface area (Å²) in [6, 6.07) is 6.95. The summed E-state index contributed by atoms with van der Waals surface area (Å²) in [6.45, 7) is 6.45. The highest BCUT2D eigenvalue weighted by molar-refractivity contribution is 6.31. The molecule has 0 aromatic heterocycles. The Labute approximate surface area is 116 Å². The molecule has 2 unspecified atom stereocenters. The molecular weight excluding hydrogens is 244 g/mol. The van der Waals surface area contributed by atoms with Crippen molar-refractivity contribution in [3.63, 3.8) is 0 Å². The lowest BCUT2D eigenvalue weighted by Crippen LogP contribution is -2.28. The van der Waals surface area contributed by atoms with Gasteiger partial charge in [0.25, 0.3) is 0 Å². The van der Waals surface area contributed by atoms with Gasteiger partial charge >= 0.3 is 0 Å². The van der Waals surface area contributed by atoms with E-state index in [9.17, 15) is 0 Å². The first-order chi connectivity index (χ1) is 8.45. The van der Waals surface area contributed by atoms with Gasteiger partial charge in [-0.15, -0.1) is 0 Å². The van der Waals surface area contributed by atoms with Gasteiger partial charge in [0.05, 0.1) is 0 Å². The van der Waals surface area contributed by atoms with E-state index in [2.05, 4.69) is 37.9 Å². The van der Waals surface area contributed by atoms with Crippen LogP contribution in [-0.4, -0.2) is 19.1 Å². The largest absolute Gasteiger partial charge is 0.372 e. The lowest BCUT2D eigenvalue weighted by Gasteiger charge is -2.27. The fourth-order valence-electron chi connectivity index (χ4n) is 2.13. The third-order valence-corrected chi connectivity index (χ3v) is 3.71. The standard InChI is InChI=1S/C15H25ClN2/c1-5-6-12(3)18(4)14-8-7-13(9-11(2)17)15(16)10-14/h7-8,10-12H,5-6,9,17H2,1-4H3. The molecule has 2 N–H and O–H groups in total. The molecule has 18 heavy (non-hydrogen) atoms. The molecule has 1 aromatic rings. The molecule has 0 spiro atoms. The maximum absolute atomic E-state index is 6.32. The Morgan fingerprint density at radius 2 is 2.00 bits per heavy atom. The van der Waals surface area contributed by atoms with Crippen molar-refractivity contribution >= 4 is 17.3 Å². The van der Waals surface area contributed by atoms with Crippen LogP contribution in [0.15, 0.2) is 18.2 Å². The van der Waals surface area contributed by atoms with E-state index in [-0.39, 0.29) is 6.04 Å². The SMILES string of the molecule is CCCC(C)N(C)c1ccc(CC(C)N)c(Cl)c1. The van der Waals surface area contributed by atoms with Crippen molar-refractivity contribution < 1.29 is 0 Å². The molecule has 0 saturated heterocycles. The number of nitrogens with two attached hydrogens (primary N) is 1. The normalized spacial score (nSPS) is 14.3. The van der Waals surface area contributed by atoms with Gasteiger partial charge in [-0.05, 0) is 44.4 Å². The van der Waals surface area contributed by atoms with Crippen molar-refractivity contribution in [1.29, 1.82) is 0 Å². The molecule has 0 saturated carbocycles. The fourth-order valence-corrected chi connectivity index (χ4v) is 2.39. The number of halogens is 1. The first-order valence-electron chi connectivity index (χ1n) is 6.72. The molecule has 2 nitrogen and oxygen atoms in total. The summed E-state index contributed by atoms with van der Waals surface area (Å²) in [7, 11) is 2.12. The first-order valence-corrected chi connectivity index (χ1v) is 7.10. The molecule has 0 aliphatic carbocycles. The van der Waals surface area contributed by atoms with Crippen LogP contribution in [0.25, 0.3) is 0 Å². The van der Waals surface area contributed by atoms with E-state index in [4.69, 9.17) is 17.3 Å². The van der Waals surface area contributed by atoms with Crippen molar-refractivity contribution in [1.82, 2.24) is 0 Å². The highest BCUT2D eigenvalue weighted by Crippen LogP contribution is 2.25. The van der Waals surface area contributed by atoms with Gasteiger partial charge in [-0.3, -0.25) is 0 Å².